The average molecular weight is 275 g/mol. The summed E-state index contributed by atoms with van der Waals surface area (Å²) in [5.74, 6) is 2.29. The summed E-state index contributed by atoms with van der Waals surface area (Å²) in [6.07, 6.45) is 4.50. The Labute approximate surface area is 115 Å². The molecule has 2 heterocycles. The summed E-state index contributed by atoms with van der Waals surface area (Å²) in [4.78, 5) is 6.76. The van der Waals surface area contributed by atoms with E-state index >= 15 is 0 Å². The lowest BCUT2D eigenvalue weighted by atomic mass is 9.95. The summed E-state index contributed by atoms with van der Waals surface area (Å²) >= 11 is 0. The minimum Gasteiger partial charge on any atom is -0.339 e. The van der Waals surface area contributed by atoms with Crippen molar-refractivity contribution in [1.29, 1.82) is 0 Å². The van der Waals surface area contributed by atoms with E-state index in [1.807, 2.05) is 6.92 Å². The predicted molar refractivity (Wildman–Crippen MR) is 72.6 cm³/mol. The van der Waals surface area contributed by atoms with Gasteiger partial charge in [-0.3, -0.25) is 4.90 Å². The molecule has 0 aromatic carbocycles. The van der Waals surface area contributed by atoms with Gasteiger partial charge in [-0.05, 0) is 38.3 Å². The van der Waals surface area contributed by atoms with Gasteiger partial charge in [0, 0.05) is 13.0 Å². The Hall–Kier alpha value is -0.650. The Balaban J connectivity index is 0.00000162. The third-order valence-electron chi connectivity index (χ3n) is 3.36. The van der Waals surface area contributed by atoms with Gasteiger partial charge in [0.2, 0.25) is 5.89 Å². The number of piperidine rings is 1. The molecule has 1 unspecified atom stereocenters. The molecule has 0 radical (unpaired) electrons. The van der Waals surface area contributed by atoms with E-state index < -0.39 is 0 Å². The molecule has 0 aliphatic carbocycles. The first-order valence-corrected chi connectivity index (χ1v) is 6.55. The van der Waals surface area contributed by atoms with Gasteiger partial charge in [-0.25, -0.2) is 0 Å². The molecule has 0 amide bonds. The van der Waals surface area contributed by atoms with E-state index in [2.05, 4.69) is 15.0 Å². The summed E-state index contributed by atoms with van der Waals surface area (Å²) in [6.45, 7) is 5.88. The molecular formula is C12H23ClN4O. The van der Waals surface area contributed by atoms with Crippen LogP contribution in [0.3, 0.4) is 0 Å². The fourth-order valence-corrected chi connectivity index (χ4v) is 2.46. The van der Waals surface area contributed by atoms with E-state index in [-0.39, 0.29) is 12.4 Å². The summed E-state index contributed by atoms with van der Waals surface area (Å²) in [5.41, 5.74) is 5.62. The first kappa shape index (κ1) is 15.4. The summed E-state index contributed by atoms with van der Waals surface area (Å²) in [7, 11) is 0. The fourth-order valence-electron chi connectivity index (χ4n) is 2.46. The fraction of sp³-hybridized carbons (Fsp3) is 0.833. The molecule has 6 heteroatoms. The van der Waals surface area contributed by atoms with Crippen LogP contribution in [0.4, 0.5) is 0 Å². The maximum absolute atomic E-state index is 5.62. The smallest absolute Gasteiger partial charge is 0.226 e. The van der Waals surface area contributed by atoms with E-state index in [1.165, 1.54) is 12.8 Å². The van der Waals surface area contributed by atoms with E-state index in [0.29, 0.717) is 0 Å². The van der Waals surface area contributed by atoms with Gasteiger partial charge in [-0.1, -0.05) is 12.1 Å². The van der Waals surface area contributed by atoms with Gasteiger partial charge >= 0.3 is 0 Å². The molecule has 1 atom stereocenters. The molecule has 1 fully saturated rings. The van der Waals surface area contributed by atoms with Gasteiger partial charge in [0.15, 0.2) is 5.82 Å². The van der Waals surface area contributed by atoms with Gasteiger partial charge in [-0.2, -0.15) is 4.98 Å². The van der Waals surface area contributed by atoms with Crippen molar-refractivity contribution in [2.45, 2.75) is 39.2 Å². The molecule has 104 valence electrons. The lowest BCUT2D eigenvalue weighted by Gasteiger charge is -2.31. The first-order chi connectivity index (χ1) is 8.31. The van der Waals surface area contributed by atoms with Crippen LogP contribution in [0.15, 0.2) is 4.52 Å². The average Bonchev–Trinajstić information content (AvgIpc) is 2.78. The second kappa shape index (κ2) is 7.71. The van der Waals surface area contributed by atoms with Crippen LogP contribution in [0.5, 0.6) is 0 Å². The maximum Gasteiger partial charge on any atom is 0.226 e. The van der Waals surface area contributed by atoms with Crippen LogP contribution < -0.4 is 5.73 Å². The number of likely N-dealkylation sites (tertiary alicyclic amines) is 1. The van der Waals surface area contributed by atoms with Gasteiger partial charge in [0.05, 0.1) is 6.54 Å². The van der Waals surface area contributed by atoms with E-state index in [0.717, 1.165) is 56.7 Å². The molecule has 18 heavy (non-hydrogen) atoms. The van der Waals surface area contributed by atoms with Crippen molar-refractivity contribution >= 4 is 12.4 Å². The van der Waals surface area contributed by atoms with Crippen LogP contribution in [0, 0.1) is 5.92 Å². The van der Waals surface area contributed by atoms with Crippen molar-refractivity contribution in [1.82, 2.24) is 15.0 Å². The summed E-state index contributed by atoms with van der Waals surface area (Å²) in [5, 5.41) is 4.00. The Morgan fingerprint density at radius 2 is 2.33 bits per heavy atom. The van der Waals surface area contributed by atoms with Crippen molar-refractivity contribution in [3.8, 4) is 0 Å². The molecule has 1 saturated heterocycles. The molecule has 1 aliphatic rings. The number of aryl methyl sites for hydroxylation is 1. The predicted octanol–water partition coefficient (Wildman–Crippen LogP) is 1.61. The number of halogens is 1. The molecule has 0 saturated carbocycles. The largest absolute Gasteiger partial charge is 0.339 e. The van der Waals surface area contributed by atoms with Gasteiger partial charge < -0.3 is 10.3 Å². The molecule has 1 aliphatic heterocycles. The molecule has 5 nitrogen and oxygen atoms in total. The monoisotopic (exact) mass is 274 g/mol. The molecule has 2 rings (SSSR count). The molecule has 1 aromatic heterocycles. The number of aromatic nitrogens is 2. The second-order valence-electron chi connectivity index (χ2n) is 4.78. The van der Waals surface area contributed by atoms with Crippen LogP contribution in [0.1, 0.15) is 37.9 Å². The van der Waals surface area contributed by atoms with Crippen molar-refractivity contribution in [3.05, 3.63) is 11.7 Å². The number of hydrogen-bond donors (Lipinski definition) is 1. The first-order valence-electron chi connectivity index (χ1n) is 6.55. The third kappa shape index (κ3) is 4.23. The highest BCUT2D eigenvalue weighted by Gasteiger charge is 2.20. The number of hydrogen-bond acceptors (Lipinski definition) is 5. The van der Waals surface area contributed by atoms with Crippen molar-refractivity contribution in [2.75, 3.05) is 19.6 Å². The number of rotatable bonds is 5. The Bertz CT molecular complexity index is 343. The molecule has 0 bridgehead atoms. The van der Waals surface area contributed by atoms with Crippen molar-refractivity contribution in [3.63, 3.8) is 0 Å². The van der Waals surface area contributed by atoms with Crippen LogP contribution in [-0.2, 0) is 13.0 Å². The minimum atomic E-state index is 0. The molecule has 0 spiro atoms. The lowest BCUT2D eigenvalue weighted by Crippen LogP contribution is -2.35. The normalized spacial score (nSPS) is 20.7. The summed E-state index contributed by atoms with van der Waals surface area (Å²) < 4.78 is 5.12. The quantitative estimate of drug-likeness (QED) is 0.884. The van der Waals surface area contributed by atoms with Crippen molar-refractivity contribution < 1.29 is 4.52 Å². The standard InChI is InChI=1S/C12H22N4O.ClH/c1-2-12-14-11(15-17-12)9-16-7-3-4-10(8-16)5-6-13;/h10H,2-9,13H2,1H3;1H. The lowest BCUT2D eigenvalue weighted by molar-refractivity contribution is 0.158. The zero-order valence-corrected chi connectivity index (χ0v) is 11.8. The van der Waals surface area contributed by atoms with Gasteiger partial charge in [0.1, 0.15) is 0 Å². The highest BCUT2D eigenvalue weighted by Crippen LogP contribution is 2.20. The summed E-state index contributed by atoms with van der Waals surface area (Å²) in [6, 6.07) is 0. The Morgan fingerprint density at radius 3 is 3.00 bits per heavy atom. The second-order valence-corrected chi connectivity index (χ2v) is 4.78. The van der Waals surface area contributed by atoms with Crippen LogP contribution in [-0.4, -0.2) is 34.7 Å². The topological polar surface area (TPSA) is 68.2 Å². The van der Waals surface area contributed by atoms with Crippen LogP contribution in [0.2, 0.25) is 0 Å². The number of nitrogens with zero attached hydrogens (tertiary/aromatic N) is 3. The van der Waals surface area contributed by atoms with Crippen LogP contribution >= 0.6 is 12.4 Å². The molecular weight excluding hydrogens is 252 g/mol. The molecule has 1 aromatic rings. The SMILES string of the molecule is CCc1nc(CN2CCCC(CCN)C2)no1.Cl. The highest BCUT2D eigenvalue weighted by molar-refractivity contribution is 5.85. The maximum atomic E-state index is 5.62. The van der Waals surface area contributed by atoms with E-state index in [4.69, 9.17) is 10.3 Å². The van der Waals surface area contributed by atoms with E-state index in [9.17, 15) is 0 Å². The zero-order chi connectivity index (χ0) is 12.1. The van der Waals surface area contributed by atoms with Gasteiger partial charge in [-0.15, -0.1) is 12.4 Å². The zero-order valence-electron chi connectivity index (χ0n) is 11.0. The van der Waals surface area contributed by atoms with E-state index in [1.54, 1.807) is 0 Å². The van der Waals surface area contributed by atoms with Crippen molar-refractivity contribution in [2.24, 2.45) is 11.7 Å². The third-order valence-corrected chi connectivity index (χ3v) is 3.36. The Morgan fingerprint density at radius 1 is 1.50 bits per heavy atom. The highest BCUT2D eigenvalue weighted by atomic mass is 35.5. The molecule has 2 N–H and O–H groups in total. The van der Waals surface area contributed by atoms with Gasteiger partial charge in [0.25, 0.3) is 0 Å². The Kier molecular flexibility index (Phi) is 6.60. The van der Waals surface area contributed by atoms with Crippen LogP contribution in [0.25, 0.3) is 0 Å². The minimum absolute atomic E-state index is 0. The number of nitrogens with two attached hydrogens (primary N) is 1.